The summed E-state index contributed by atoms with van der Waals surface area (Å²) in [6, 6.07) is 16.9. The van der Waals surface area contributed by atoms with Crippen LogP contribution in [0.2, 0.25) is 0 Å². The zero-order chi connectivity index (χ0) is 14.4. The molecule has 0 fully saturated rings. The first kappa shape index (κ1) is 14.4. The molecule has 20 heavy (non-hydrogen) atoms. The molecule has 1 unspecified atom stereocenters. The highest BCUT2D eigenvalue weighted by atomic mass is 16.5. The Balaban J connectivity index is 1.85. The van der Waals surface area contributed by atoms with Crippen molar-refractivity contribution in [1.82, 2.24) is 0 Å². The molecule has 1 atom stereocenters. The third-order valence-corrected chi connectivity index (χ3v) is 3.67. The van der Waals surface area contributed by atoms with Gasteiger partial charge < -0.3 is 10.1 Å². The molecule has 1 N–H and O–H groups in total. The van der Waals surface area contributed by atoms with Crippen molar-refractivity contribution >= 4 is 5.69 Å². The molecule has 0 bridgehead atoms. The Kier molecular flexibility index (Phi) is 5.05. The second kappa shape index (κ2) is 6.99. The van der Waals surface area contributed by atoms with Gasteiger partial charge in [-0.2, -0.15) is 0 Å². The summed E-state index contributed by atoms with van der Waals surface area (Å²) >= 11 is 0. The van der Waals surface area contributed by atoms with E-state index in [9.17, 15) is 0 Å². The number of nitrogens with one attached hydrogen (secondary N) is 1. The van der Waals surface area contributed by atoms with Crippen LogP contribution in [0.15, 0.2) is 48.5 Å². The number of anilines is 1. The number of aryl methyl sites for hydroxylation is 1. The van der Waals surface area contributed by atoms with Crippen LogP contribution in [0.1, 0.15) is 30.4 Å². The number of hydrogen-bond acceptors (Lipinski definition) is 2. The molecule has 0 amide bonds. The van der Waals surface area contributed by atoms with Crippen molar-refractivity contribution in [2.24, 2.45) is 0 Å². The maximum Gasteiger partial charge on any atom is 0.121 e. The highest BCUT2D eigenvalue weighted by molar-refractivity contribution is 5.50. The van der Waals surface area contributed by atoms with E-state index in [0.29, 0.717) is 5.92 Å². The van der Waals surface area contributed by atoms with E-state index in [-0.39, 0.29) is 0 Å². The van der Waals surface area contributed by atoms with Crippen molar-refractivity contribution in [2.45, 2.75) is 26.2 Å². The maximum absolute atomic E-state index is 5.27. The Morgan fingerprint density at radius 3 is 2.50 bits per heavy atom. The maximum atomic E-state index is 5.27. The second-order valence-electron chi connectivity index (χ2n) is 5.21. The largest absolute Gasteiger partial charge is 0.496 e. The standard InChI is InChI=1S/C18H23NO/c1-14(16-7-5-4-6-8-16)11-12-19-17-9-10-18(20-3)15(2)13-17/h4-10,13-14,19H,11-12H2,1-3H3. The summed E-state index contributed by atoms with van der Waals surface area (Å²) in [7, 11) is 1.71. The topological polar surface area (TPSA) is 21.3 Å². The van der Waals surface area contributed by atoms with E-state index in [1.165, 1.54) is 5.56 Å². The van der Waals surface area contributed by atoms with E-state index >= 15 is 0 Å². The Morgan fingerprint density at radius 1 is 1.10 bits per heavy atom. The lowest BCUT2D eigenvalue weighted by Gasteiger charge is -2.14. The summed E-state index contributed by atoms with van der Waals surface area (Å²) in [6.45, 7) is 5.31. The predicted octanol–water partition coefficient (Wildman–Crippen LogP) is 4.61. The highest BCUT2D eigenvalue weighted by Crippen LogP contribution is 2.22. The van der Waals surface area contributed by atoms with E-state index in [0.717, 1.165) is 30.0 Å². The lowest BCUT2D eigenvalue weighted by Crippen LogP contribution is -2.06. The second-order valence-corrected chi connectivity index (χ2v) is 5.21. The molecule has 0 aromatic heterocycles. The van der Waals surface area contributed by atoms with Crippen LogP contribution in [0.5, 0.6) is 5.75 Å². The van der Waals surface area contributed by atoms with Crippen molar-refractivity contribution in [3.8, 4) is 5.75 Å². The lowest BCUT2D eigenvalue weighted by atomic mass is 9.98. The van der Waals surface area contributed by atoms with Gasteiger partial charge in [0.25, 0.3) is 0 Å². The SMILES string of the molecule is COc1ccc(NCCC(C)c2ccccc2)cc1C. The van der Waals surface area contributed by atoms with Gasteiger partial charge in [-0.1, -0.05) is 37.3 Å². The van der Waals surface area contributed by atoms with Gasteiger partial charge in [-0.15, -0.1) is 0 Å². The molecule has 0 heterocycles. The molecule has 2 aromatic rings. The van der Waals surface area contributed by atoms with Crippen LogP contribution in [0.25, 0.3) is 0 Å². The highest BCUT2D eigenvalue weighted by Gasteiger charge is 2.05. The third kappa shape index (κ3) is 3.77. The van der Waals surface area contributed by atoms with Gasteiger partial charge in [-0.25, -0.2) is 0 Å². The molecular formula is C18H23NO. The molecule has 2 aromatic carbocycles. The first-order valence-electron chi connectivity index (χ1n) is 7.14. The van der Waals surface area contributed by atoms with Crippen molar-refractivity contribution in [2.75, 3.05) is 19.0 Å². The van der Waals surface area contributed by atoms with Crippen molar-refractivity contribution in [1.29, 1.82) is 0 Å². The zero-order valence-corrected chi connectivity index (χ0v) is 12.5. The Hall–Kier alpha value is -1.96. The van der Waals surface area contributed by atoms with Crippen LogP contribution in [0.4, 0.5) is 5.69 Å². The summed E-state index contributed by atoms with van der Waals surface area (Å²) in [5, 5.41) is 3.48. The summed E-state index contributed by atoms with van der Waals surface area (Å²) in [4.78, 5) is 0. The minimum absolute atomic E-state index is 0.572. The first-order valence-corrected chi connectivity index (χ1v) is 7.14. The van der Waals surface area contributed by atoms with Crippen molar-refractivity contribution in [3.05, 3.63) is 59.7 Å². The van der Waals surface area contributed by atoms with Crippen LogP contribution < -0.4 is 10.1 Å². The third-order valence-electron chi connectivity index (χ3n) is 3.67. The van der Waals surface area contributed by atoms with E-state index < -0.39 is 0 Å². The molecule has 106 valence electrons. The van der Waals surface area contributed by atoms with Gasteiger partial charge in [0, 0.05) is 12.2 Å². The number of hydrogen-bond donors (Lipinski definition) is 1. The summed E-state index contributed by atoms with van der Waals surface area (Å²) in [6.07, 6.45) is 1.12. The van der Waals surface area contributed by atoms with Gasteiger partial charge in [-0.3, -0.25) is 0 Å². The van der Waals surface area contributed by atoms with Gasteiger partial charge in [0.2, 0.25) is 0 Å². The first-order chi connectivity index (χ1) is 9.70. The zero-order valence-electron chi connectivity index (χ0n) is 12.5. The summed E-state index contributed by atoms with van der Waals surface area (Å²) in [5.74, 6) is 1.51. The van der Waals surface area contributed by atoms with Crippen molar-refractivity contribution < 1.29 is 4.74 Å². The minimum atomic E-state index is 0.572. The van der Waals surface area contributed by atoms with Crippen LogP contribution >= 0.6 is 0 Å². The van der Waals surface area contributed by atoms with Gasteiger partial charge >= 0.3 is 0 Å². The smallest absolute Gasteiger partial charge is 0.121 e. The van der Waals surface area contributed by atoms with Crippen LogP contribution in [0, 0.1) is 6.92 Å². The molecule has 2 nitrogen and oxygen atoms in total. The summed E-state index contributed by atoms with van der Waals surface area (Å²) < 4.78 is 5.27. The van der Waals surface area contributed by atoms with Gasteiger partial charge in [0.1, 0.15) is 5.75 Å². The van der Waals surface area contributed by atoms with E-state index in [2.05, 4.69) is 61.6 Å². The molecule has 0 aliphatic rings. The quantitative estimate of drug-likeness (QED) is 0.827. The Labute approximate surface area is 121 Å². The molecule has 0 aliphatic heterocycles. The molecule has 0 spiro atoms. The fourth-order valence-electron chi connectivity index (χ4n) is 2.37. The lowest BCUT2D eigenvalue weighted by molar-refractivity contribution is 0.412. The van der Waals surface area contributed by atoms with Crippen LogP contribution in [0.3, 0.4) is 0 Å². The monoisotopic (exact) mass is 269 g/mol. The molecule has 2 heteroatoms. The molecular weight excluding hydrogens is 246 g/mol. The Bertz CT molecular complexity index is 536. The number of benzene rings is 2. The Morgan fingerprint density at radius 2 is 1.85 bits per heavy atom. The van der Waals surface area contributed by atoms with Gasteiger partial charge in [0.15, 0.2) is 0 Å². The molecule has 2 rings (SSSR count). The molecule has 0 aliphatic carbocycles. The van der Waals surface area contributed by atoms with Crippen molar-refractivity contribution in [3.63, 3.8) is 0 Å². The summed E-state index contributed by atoms with van der Waals surface area (Å²) in [5.41, 5.74) is 3.72. The average molecular weight is 269 g/mol. The van der Waals surface area contributed by atoms with Crippen LogP contribution in [-0.2, 0) is 0 Å². The molecule has 0 saturated heterocycles. The van der Waals surface area contributed by atoms with Gasteiger partial charge in [0.05, 0.1) is 7.11 Å². The van der Waals surface area contributed by atoms with Gasteiger partial charge in [-0.05, 0) is 48.6 Å². The normalized spacial score (nSPS) is 11.9. The average Bonchev–Trinajstić information content (AvgIpc) is 2.48. The number of rotatable bonds is 6. The fraction of sp³-hybridized carbons (Fsp3) is 0.333. The molecule has 0 radical (unpaired) electrons. The van der Waals surface area contributed by atoms with E-state index in [1.54, 1.807) is 7.11 Å². The van der Waals surface area contributed by atoms with E-state index in [4.69, 9.17) is 4.74 Å². The predicted molar refractivity (Wildman–Crippen MR) is 85.7 cm³/mol. The van der Waals surface area contributed by atoms with E-state index in [1.807, 2.05) is 6.07 Å². The van der Waals surface area contributed by atoms with Crippen LogP contribution in [-0.4, -0.2) is 13.7 Å². The number of ether oxygens (including phenoxy) is 1. The number of methoxy groups -OCH3 is 1. The fourth-order valence-corrected chi connectivity index (χ4v) is 2.37. The minimum Gasteiger partial charge on any atom is -0.496 e. The molecule has 0 saturated carbocycles.